The van der Waals surface area contributed by atoms with Crippen molar-refractivity contribution in [1.29, 1.82) is 0 Å². The van der Waals surface area contributed by atoms with Gasteiger partial charge in [0, 0.05) is 5.56 Å². The minimum Gasteiger partial charge on any atom is -0.271 e. The average molecular weight is 258 g/mol. The lowest BCUT2D eigenvalue weighted by Crippen LogP contribution is -2.30. The first kappa shape index (κ1) is 13.7. The van der Waals surface area contributed by atoms with Crippen LogP contribution in [0.25, 0.3) is 0 Å². The van der Waals surface area contributed by atoms with E-state index in [1.165, 1.54) is 5.56 Å². The third-order valence-corrected chi connectivity index (χ3v) is 3.35. The Morgan fingerprint density at radius 1 is 1.00 bits per heavy atom. The van der Waals surface area contributed by atoms with Crippen LogP contribution in [-0.4, -0.2) is 0 Å². The van der Waals surface area contributed by atoms with Crippen molar-refractivity contribution in [2.24, 2.45) is 5.84 Å². The Morgan fingerprint density at radius 3 is 2.16 bits per heavy atom. The largest absolute Gasteiger partial charge is 0.271 e. The number of hydrogen-bond donors (Lipinski definition) is 2. The second kappa shape index (κ2) is 5.51. The van der Waals surface area contributed by atoms with Crippen molar-refractivity contribution in [3.63, 3.8) is 0 Å². The summed E-state index contributed by atoms with van der Waals surface area (Å²) in [5.41, 5.74) is 7.27. The van der Waals surface area contributed by atoms with E-state index >= 15 is 0 Å². The molecule has 0 saturated carbocycles. The zero-order valence-corrected chi connectivity index (χ0v) is 11.5. The summed E-state index contributed by atoms with van der Waals surface area (Å²) >= 11 is 0. The second-order valence-corrected chi connectivity index (χ2v) is 4.99. The SMILES string of the molecule is Cc1ccc(C(NN)c2c(C)cc(C)cc2F)cc1. The highest BCUT2D eigenvalue weighted by molar-refractivity contribution is 5.40. The molecule has 0 radical (unpaired) electrons. The van der Waals surface area contributed by atoms with Crippen molar-refractivity contribution in [1.82, 2.24) is 5.43 Å². The number of rotatable bonds is 3. The van der Waals surface area contributed by atoms with Gasteiger partial charge in [0.2, 0.25) is 0 Å². The van der Waals surface area contributed by atoms with E-state index in [1.54, 1.807) is 6.07 Å². The molecule has 100 valence electrons. The van der Waals surface area contributed by atoms with E-state index in [0.717, 1.165) is 16.7 Å². The van der Waals surface area contributed by atoms with Gasteiger partial charge in [-0.05, 0) is 43.5 Å². The van der Waals surface area contributed by atoms with Crippen LogP contribution >= 0.6 is 0 Å². The maximum atomic E-state index is 14.2. The van der Waals surface area contributed by atoms with Crippen LogP contribution in [0.4, 0.5) is 4.39 Å². The summed E-state index contributed by atoms with van der Waals surface area (Å²) in [7, 11) is 0. The van der Waals surface area contributed by atoms with Gasteiger partial charge in [0.25, 0.3) is 0 Å². The van der Waals surface area contributed by atoms with Crippen LogP contribution in [0.3, 0.4) is 0 Å². The maximum absolute atomic E-state index is 14.2. The fourth-order valence-electron chi connectivity index (χ4n) is 2.40. The first-order valence-corrected chi connectivity index (χ1v) is 6.32. The molecule has 0 aliphatic rings. The van der Waals surface area contributed by atoms with Crippen LogP contribution < -0.4 is 11.3 Å². The average Bonchev–Trinajstić information content (AvgIpc) is 2.35. The molecular formula is C16H19FN2. The number of benzene rings is 2. The maximum Gasteiger partial charge on any atom is 0.128 e. The Bertz CT molecular complexity index is 553. The molecule has 0 aromatic heterocycles. The van der Waals surface area contributed by atoms with Gasteiger partial charge in [-0.3, -0.25) is 5.84 Å². The number of nitrogens with one attached hydrogen (secondary N) is 1. The van der Waals surface area contributed by atoms with E-state index in [2.05, 4.69) is 5.43 Å². The van der Waals surface area contributed by atoms with E-state index in [1.807, 2.05) is 51.1 Å². The Kier molecular flexibility index (Phi) is 3.98. The van der Waals surface area contributed by atoms with E-state index in [9.17, 15) is 4.39 Å². The molecule has 0 fully saturated rings. The number of hydrogen-bond acceptors (Lipinski definition) is 2. The Hall–Kier alpha value is -1.71. The fourth-order valence-corrected chi connectivity index (χ4v) is 2.40. The molecule has 1 unspecified atom stereocenters. The smallest absolute Gasteiger partial charge is 0.128 e. The minimum absolute atomic E-state index is 0.221. The Balaban J connectivity index is 2.51. The Morgan fingerprint density at radius 2 is 1.63 bits per heavy atom. The molecule has 2 nitrogen and oxygen atoms in total. The van der Waals surface area contributed by atoms with Crippen molar-refractivity contribution in [2.75, 3.05) is 0 Å². The van der Waals surface area contributed by atoms with Crippen LogP contribution in [0.1, 0.15) is 33.9 Å². The highest BCUT2D eigenvalue weighted by atomic mass is 19.1. The van der Waals surface area contributed by atoms with Crippen molar-refractivity contribution < 1.29 is 4.39 Å². The zero-order valence-electron chi connectivity index (χ0n) is 11.5. The third kappa shape index (κ3) is 2.83. The zero-order chi connectivity index (χ0) is 14.0. The van der Waals surface area contributed by atoms with Gasteiger partial charge in [0.05, 0.1) is 6.04 Å². The number of halogens is 1. The normalized spacial score (nSPS) is 12.5. The second-order valence-electron chi connectivity index (χ2n) is 4.99. The van der Waals surface area contributed by atoms with Crippen LogP contribution in [0, 0.1) is 26.6 Å². The van der Waals surface area contributed by atoms with Crippen molar-refractivity contribution in [2.45, 2.75) is 26.8 Å². The van der Waals surface area contributed by atoms with Gasteiger partial charge in [-0.15, -0.1) is 0 Å². The molecular weight excluding hydrogens is 239 g/mol. The molecule has 0 amide bonds. The van der Waals surface area contributed by atoms with Gasteiger partial charge >= 0.3 is 0 Å². The molecule has 0 heterocycles. The molecule has 2 rings (SSSR count). The number of aryl methyl sites for hydroxylation is 3. The summed E-state index contributed by atoms with van der Waals surface area (Å²) in [6, 6.07) is 11.1. The summed E-state index contributed by atoms with van der Waals surface area (Å²) in [5.74, 6) is 5.41. The van der Waals surface area contributed by atoms with Crippen LogP contribution in [-0.2, 0) is 0 Å². The third-order valence-electron chi connectivity index (χ3n) is 3.35. The molecule has 0 aliphatic carbocycles. The predicted octanol–water partition coefficient (Wildman–Crippen LogP) is 3.30. The molecule has 3 N–H and O–H groups in total. The topological polar surface area (TPSA) is 38.0 Å². The van der Waals surface area contributed by atoms with E-state index in [-0.39, 0.29) is 11.9 Å². The molecule has 0 bridgehead atoms. The molecule has 2 aromatic rings. The summed E-state index contributed by atoms with van der Waals surface area (Å²) < 4.78 is 14.2. The van der Waals surface area contributed by atoms with Crippen LogP contribution in [0.15, 0.2) is 36.4 Å². The van der Waals surface area contributed by atoms with Gasteiger partial charge in [0.1, 0.15) is 5.82 Å². The van der Waals surface area contributed by atoms with Crippen molar-refractivity contribution in [3.8, 4) is 0 Å². The summed E-state index contributed by atoms with van der Waals surface area (Å²) in [5, 5.41) is 0. The Labute approximate surface area is 113 Å². The lowest BCUT2D eigenvalue weighted by Gasteiger charge is -2.20. The van der Waals surface area contributed by atoms with Crippen molar-refractivity contribution in [3.05, 3.63) is 70.0 Å². The van der Waals surface area contributed by atoms with Gasteiger partial charge in [-0.2, -0.15) is 0 Å². The quantitative estimate of drug-likeness (QED) is 0.655. The summed E-state index contributed by atoms with van der Waals surface area (Å²) in [6.45, 7) is 5.81. The number of hydrazine groups is 1. The highest BCUT2D eigenvalue weighted by Gasteiger charge is 2.19. The highest BCUT2D eigenvalue weighted by Crippen LogP contribution is 2.28. The van der Waals surface area contributed by atoms with Gasteiger partial charge in [0.15, 0.2) is 0 Å². The molecule has 2 aromatic carbocycles. The molecule has 1 atom stereocenters. The van der Waals surface area contributed by atoms with Crippen LogP contribution in [0.2, 0.25) is 0 Å². The van der Waals surface area contributed by atoms with Gasteiger partial charge in [-0.1, -0.05) is 35.9 Å². The lowest BCUT2D eigenvalue weighted by atomic mass is 9.93. The van der Waals surface area contributed by atoms with Gasteiger partial charge in [-0.25, -0.2) is 9.82 Å². The molecule has 0 saturated heterocycles. The predicted molar refractivity (Wildman–Crippen MR) is 76.2 cm³/mol. The fraction of sp³-hybridized carbons (Fsp3) is 0.250. The molecule has 0 aliphatic heterocycles. The molecule has 0 spiro atoms. The number of nitrogens with two attached hydrogens (primary N) is 1. The first-order valence-electron chi connectivity index (χ1n) is 6.32. The monoisotopic (exact) mass is 258 g/mol. The van der Waals surface area contributed by atoms with Gasteiger partial charge < -0.3 is 0 Å². The standard InChI is InChI=1S/C16H19FN2/c1-10-4-6-13(7-5-10)16(19-18)15-12(3)8-11(2)9-14(15)17/h4-9,16,19H,18H2,1-3H3. The summed E-state index contributed by atoms with van der Waals surface area (Å²) in [6.07, 6.45) is 0. The van der Waals surface area contributed by atoms with Crippen LogP contribution in [0.5, 0.6) is 0 Å². The lowest BCUT2D eigenvalue weighted by molar-refractivity contribution is 0.556. The minimum atomic E-state index is -0.332. The van der Waals surface area contributed by atoms with E-state index < -0.39 is 0 Å². The van der Waals surface area contributed by atoms with Crippen molar-refractivity contribution >= 4 is 0 Å². The summed E-state index contributed by atoms with van der Waals surface area (Å²) in [4.78, 5) is 0. The molecule has 19 heavy (non-hydrogen) atoms. The van der Waals surface area contributed by atoms with E-state index in [4.69, 9.17) is 5.84 Å². The van der Waals surface area contributed by atoms with E-state index in [0.29, 0.717) is 5.56 Å². The first-order chi connectivity index (χ1) is 9.02. The molecule has 3 heteroatoms.